The highest BCUT2D eigenvalue weighted by Crippen LogP contribution is 2.48. The molecule has 5 heteroatoms. The van der Waals surface area contributed by atoms with Gasteiger partial charge in [0.1, 0.15) is 11.6 Å². The van der Waals surface area contributed by atoms with Gasteiger partial charge in [-0.3, -0.25) is 4.79 Å². The Morgan fingerprint density at radius 2 is 2.26 bits per heavy atom. The van der Waals surface area contributed by atoms with Gasteiger partial charge in [-0.15, -0.1) is 0 Å². The fourth-order valence-electron chi connectivity index (χ4n) is 2.18. The van der Waals surface area contributed by atoms with E-state index >= 15 is 0 Å². The highest BCUT2D eigenvalue weighted by molar-refractivity contribution is 5.82. The number of halogens is 2. The van der Waals surface area contributed by atoms with Crippen LogP contribution in [0, 0.1) is 17.6 Å². The average Bonchev–Trinajstić information content (AvgIpc) is 3.11. The van der Waals surface area contributed by atoms with Gasteiger partial charge < -0.3 is 11.1 Å². The van der Waals surface area contributed by atoms with E-state index in [1.54, 1.807) is 0 Å². The van der Waals surface area contributed by atoms with Crippen LogP contribution in [0.15, 0.2) is 18.2 Å². The van der Waals surface area contributed by atoms with Crippen molar-refractivity contribution in [2.75, 3.05) is 6.54 Å². The second-order valence-electron chi connectivity index (χ2n) is 5.17. The summed E-state index contributed by atoms with van der Waals surface area (Å²) in [5.74, 6) is -1.47. The number of carbonyl (C=O) groups excluding carboxylic acids is 1. The fraction of sp³-hybridized carbons (Fsp3) is 0.500. The minimum absolute atomic E-state index is 0.0379. The van der Waals surface area contributed by atoms with Crippen LogP contribution >= 0.6 is 0 Å². The zero-order chi connectivity index (χ0) is 14.0. The van der Waals surface area contributed by atoms with Gasteiger partial charge in [-0.25, -0.2) is 8.78 Å². The van der Waals surface area contributed by atoms with Gasteiger partial charge in [-0.05, 0) is 49.4 Å². The van der Waals surface area contributed by atoms with E-state index in [4.69, 9.17) is 5.73 Å². The molecule has 0 saturated heterocycles. The van der Waals surface area contributed by atoms with E-state index in [9.17, 15) is 13.6 Å². The molecule has 0 heterocycles. The summed E-state index contributed by atoms with van der Waals surface area (Å²) in [6.07, 6.45) is 1.28. The van der Waals surface area contributed by atoms with E-state index in [1.165, 1.54) is 6.07 Å². The maximum Gasteiger partial charge on any atom is 0.223 e. The molecule has 1 aliphatic carbocycles. The molecule has 0 bridgehead atoms. The largest absolute Gasteiger partial charge is 0.356 e. The van der Waals surface area contributed by atoms with Crippen molar-refractivity contribution in [2.45, 2.75) is 31.7 Å². The molecule has 1 aliphatic rings. The van der Waals surface area contributed by atoms with Crippen LogP contribution in [0.25, 0.3) is 0 Å². The normalized spacial score (nSPS) is 22.9. The molecule has 1 aromatic rings. The van der Waals surface area contributed by atoms with Gasteiger partial charge in [0.05, 0.1) is 0 Å². The zero-order valence-corrected chi connectivity index (χ0v) is 10.8. The quantitative estimate of drug-likeness (QED) is 0.857. The van der Waals surface area contributed by atoms with Crippen LogP contribution < -0.4 is 11.1 Å². The molecular formula is C14H18F2N2O. The van der Waals surface area contributed by atoms with Crippen LogP contribution in [0.1, 0.15) is 31.2 Å². The molecule has 1 amide bonds. The van der Waals surface area contributed by atoms with Crippen molar-refractivity contribution in [1.82, 2.24) is 5.32 Å². The van der Waals surface area contributed by atoms with Crippen molar-refractivity contribution < 1.29 is 13.6 Å². The van der Waals surface area contributed by atoms with Gasteiger partial charge >= 0.3 is 0 Å². The second kappa shape index (κ2) is 5.65. The number of nitrogens with one attached hydrogen (secondary N) is 1. The number of benzene rings is 1. The Hall–Kier alpha value is -1.49. The van der Waals surface area contributed by atoms with Gasteiger partial charge in [0.2, 0.25) is 5.91 Å². The minimum Gasteiger partial charge on any atom is -0.356 e. The summed E-state index contributed by atoms with van der Waals surface area (Å²) in [4.78, 5) is 11.8. The summed E-state index contributed by atoms with van der Waals surface area (Å²) in [5, 5.41) is 2.77. The summed E-state index contributed by atoms with van der Waals surface area (Å²) in [5.41, 5.74) is 5.88. The number of hydrogen-bond acceptors (Lipinski definition) is 2. The van der Waals surface area contributed by atoms with Gasteiger partial charge in [-0.2, -0.15) is 0 Å². The molecule has 19 heavy (non-hydrogen) atoms. The number of hydrogen-bond donors (Lipinski definition) is 2. The van der Waals surface area contributed by atoms with E-state index in [-0.39, 0.29) is 23.8 Å². The molecule has 2 rings (SSSR count). The number of carbonyl (C=O) groups is 1. The van der Waals surface area contributed by atoms with Gasteiger partial charge in [0.25, 0.3) is 0 Å². The Labute approximate surface area is 111 Å². The number of amides is 1. The third-order valence-corrected chi connectivity index (χ3v) is 3.38. The molecule has 0 spiro atoms. The van der Waals surface area contributed by atoms with Crippen LogP contribution in [0.5, 0.6) is 0 Å². The standard InChI is InChI=1S/C14H18F2N2O/c1-8(17)4-5-18-14(19)12-7-10(12)11-6-9(15)2-3-13(11)16/h2-3,6,8,10,12H,4-5,7,17H2,1H3,(H,18,19). The number of rotatable bonds is 5. The maximum absolute atomic E-state index is 13.5. The first-order valence-corrected chi connectivity index (χ1v) is 6.47. The Morgan fingerprint density at radius 3 is 2.95 bits per heavy atom. The van der Waals surface area contributed by atoms with Gasteiger partial charge in [0.15, 0.2) is 0 Å². The first-order chi connectivity index (χ1) is 8.99. The van der Waals surface area contributed by atoms with Crippen LogP contribution in [0.4, 0.5) is 8.78 Å². The minimum atomic E-state index is -0.473. The van der Waals surface area contributed by atoms with Crippen molar-refractivity contribution in [3.63, 3.8) is 0 Å². The lowest BCUT2D eigenvalue weighted by molar-refractivity contribution is -0.122. The van der Waals surface area contributed by atoms with E-state index in [0.717, 1.165) is 12.1 Å². The summed E-state index contributed by atoms with van der Waals surface area (Å²) in [6.45, 7) is 2.39. The molecule has 0 aromatic heterocycles. The second-order valence-corrected chi connectivity index (χ2v) is 5.17. The van der Waals surface area contributed by atoms with Gasteiger partial charge in [-0.1, -0.05) is 0 Å². The third kappa shape index (κ3) is 3.50. The first kappa shape index (κ1) is 13.9. The summed E-state index contributed by atoms with van der Waals surface area (Å²) < 4.78 is 26.6. The van der Waals surface area contributed by atoms with Crippen LogP contribution in [0.3, 0.4) is 0 Å². The molecule has 0 aliphatic heterocycles. The topological polar surface area (TPSA) is 55.1 Å². The fourth-order valence-corrected chi connectivity index (χ4v) is 2.18. The lowest BCUT2D eigenvalue weighted by atomic mass is 10.1. The monoisotopic (exact) mass is 268 g/mol. The van der Waals surface area contributed by atoms with Crippen molar-refractivity contribution in [1.29, 1.82) is 0 Å². The molecule has 3 atom stereocenters. The zero-order valence-electron chi connectivity index (χ0n) is 10.8. The third-order valence-electron chi connectivity index (χ3n) is 3.38. The van der Waals surface area contributed by atoms with Crippen molar-refractivity contribution in [2.24, 2.45) is 11.7 Å². The predicted molar refractivity (Wildman–Crippen MR) is 68.5 cm³/mol. The maximum atomic E-state index is 13.5. The predicted octanol–water partition coefficient (Wildman–Crippen LogP) is 1.92. The average molecular weight is 268 g/mol. The molecule has 1 saturated carbocycles. The lowest BCUT2D eigenvalue weighted by Gasteiger charge is -2.07. The SMILES string of the molecule is CC(N)CCNC(=O)C1CC1c1cc(F)ccc1F. The summed E-state index contributed by atoms with van der Waals surface area (Å²) in [7, 11) is 0. The van der Waals surface area contributed by atoms with Crippen LogP contribution in [-0.2, 0) is 4.79 Å². The summed E-state index contributed by atoms with van der Waals surface area (Å²) >= 11 is 0. The van der Waals surface area contributed by atoms with Crippen molar-refractivity contribution in [3.05, 3.63) is 35.4 Å². The van der Waals surface area contributed by atoms with E-state index in [2.05, 4.69) is 5.32 Å². The Morgan fingerprint density at radius 1 is 1.53 bits per heavy atom. The van der Waals surface area contributed by atoms with Crippen LogP contribution in [-0.4, -0.2) is 18.5 Å². The molecule has 3 nitrogen and oxygen atoms in total. The Balaban J connectivity index is 1.89. The molecule has 3 N–H and O–H groups in total. The molecule has 0 radical (unpaired) electrons. The summed E-state index contributed by atoms with van der Waals surface area (Å²) in [6, 6.07) is 3.40. The number of nitrogens with two attached hydrogens (primary N) is 1. The highest BCUT2D eigenvalue weighted by Gasteiger charge is 2.45. The molecular weight excluding hydrogens is 250 g/mol. The molecule has 1 fully saturated rings. The van der Waals surface area contributed by atoms with E-state index in [0.29, 0.717) is 24.9 Å². The molecule has 1 aromatic carbocycles. The van der Waals surface area contributed by atoms with Gasteiger partial charge in [0, 0.05) is 18.5 Å². The van der Waals surface area contributed by atoms with E-state index < -0.39 is 11.6 Å². The molecule has 3 unspecified atom stereocenters. The first-order valence-electron chi connectivity index (χ1n) is 6.47. The van der Waals surface area contributed by atoms with Crippen molar-refractivity contribution in [3.8, 4) is 0 Å². The molecule has 104 valence electrons. The lowest BCUT2D eigenvalue weighted by Crippen LogP contribution is -2.30. The van der Waals surface area contributed by atoms with Crippen molar-refractivity contribution >= 4 is 5.91 Å². The smallest absolute Gasteiger partial charge is 0.223 e. The van der Waals surface area contributed by atoms with Crippen LogP contribution in [0.2, 0.25) is 0 Å². The Bertz CT molecular complexity index is 477. The Kier molecular flexibility index (Phi) is 4.14. The van der Waals surface area contributed by atoms with E-state index in [1.807, 2.05) is 6.92 Å². The highest BCUT2D eigenvalue weighted by atomic mass is 19.1.